The minimum atomic E-state index is -5.12. The summed E-state index contributed by atoms with van der Waals surface area (Å²) in [7, 11) is 0.842. The number of carbonyl (C=O) groups is 1. The predicted molar refractivity (Wildman–Crippen MR) is 51.1 cm³/mol. The van der Waals surface area contributed by atoms with Gasteiger partial charge in [-0.25, -0.2) is 4.79 Å². The molecule has 0 saturated carbocycles. The van der Waals surface area contributed by atoms with Crippen LogP contribution in [0.25, 0.3) is 0 Å². The van der Waals surface area contributed by atoms with Crippen LogP contribution < -0.4 is 9.47 Å². The summed E-state index contributed by atoms with van der Waals surface area (Å²) in [5.74, 6) is -5.05. The average molecular weight is 282 g/mol. The Kier molecular flexibility index (Phi) is 3.77. The molecule has 1 rings (SSSR count). The van der Waals surface area contributed by atoms with E-state index in [1.807, 2.05) is 0 Å². The van der Waals surface area contributed by atoms with E-state index in [9.17, 15) is 28.1 Å². The molecule has 1 N–H and O–H groups in total. The molecule has 0 spiro atoms. The summed E-state index contributed by atoms with van der Waals surface area (Å²) >= 11 is 0. The molecule has 1 aromatic rings. The molecular weight excluding hydrogens is 277 g/mol. The van der Waals surface area contributed by atoms with Crippen molar-refractivity contribution in [1.82, 2.24) is 4.98 Å². The first kappa shape index (κ1) is 14.5. The van der Waals surface area contributed by atoms with Gasteiger partial charge in [0.05, 0.1) is 7.11 Å². The number of alkyl halides is 3. The SMILES string of the molecule is COc1c(OC(F)(F)F)cnc([N+](=O)[O-])c1C(=O)O. The second kappa shape index (κ2) is 4.96. The highest BCUT2D eigenvalue weighted by Crippen LogP contribution is 2.37. The second-order valence-corrected chi connectivity index (χ2v) is 2.96. The molecule has 0 fully saturated rings. The van der Waals surface area contributed by atoms with E-state index in [4.69, 9.17) is 5.11 Å². The number of carboxylic acids is 1. The number of hydrogen-bond acceptors (Lipinski definition) is 6. The van der Waals surface area contributed by atoms with Gasteiger partial charge in [-0.05, 0) is 9.91 Å². The van der Waals surface area contributed by atoms with Crippen LogP contribution in [0.3, 0.4) is 0 Å². The number of hydrogen-bond donors (Lipinski definition) is 1. The maximum absolute atomic E-state index is 12.1. The van der Waals surface area contributed by atoms with Crippen LogP contribution >= 0.6 is 0 Å². The lowest BCUT2D eigenvalue weighted by atomic mass is 10.2. The van der Waals surface area contributed by atoms with Crippen LogP contribution in [0.1, 0.15) is 10.4 Å². The summed E-state index contributed by atoms with van der Waals surface area (Å²) in [6, 6.07) is 0. The van der Waals surface area contributed by atoms with Gasteiger partial charge in [0.1, 0.15) is 0 Å². The third kappa shape index (κ3) is 3.20. The zero-order valence-electron chi connectivity index (χ0n) is 9.09. The first-order chi connectivity index (χ1) is 8.67. The van der Waals surface area contributed by atoms with Crippen LogP contribution in [-0.4, -0.2) is 34.5 Å². The van der Waals surface area contributed by atoms with Gasteiger partial charge in [0, 0.05) is 0 Å². The number of ether oxygens (including phenoxy) is 2. The summed E-state index contributed by atoms with van der Waals surface area (Å²) in [4.78, 5) is 23.3. The van der Waals surface area contributed by atoms with Crippen LogP contribution in [-0.2, 0) is 0 Å². The van der Waals surface area contributed by atoms with Crippen molar-refractivity contribution in [3.63, 3.8) is 0 Å². The first-order valence-corrected chi connectivity index (χ1v) is 4.37. The minimum Gasteiger partial charge on any atom is -0.492 e. The highest BCUT2D eigenvalue weighted by Gasteiger charge is 2.37. The molecule has 0 bridgehead atoms. The third-order valence-corrected chi connectivity index (χ3v) is 1.80. The fraction of sp³-hybridized carbons (Fsp3) is 0.250. The van der Waals surface area contributed by atoms with E-state index in [1.165, 1.54) is 0 Å². The number of rotatable bonds is 4. The van der Waals surface area contributed by atoms with Gasteiger partial charge in [0.2, 0.25) is 11.3 Å². The van der Waals surface area contributed by atoms with Crippen molar-refractivity contribution < 1.29 is 37.5 Å². The Morgan fingerprint density at radius 1 is 1.53 bits per heavy atom. The molecular formula is C8H5F3N2O6. The molecule has 0 aliphatic heterocycles. The Morgan fingerprint density at radius 3 is 2.47 bits per heavy atom. The lowest BCUT2D eigenvalue weighted by Gasteiger charge is -2.12. The molecule has 8 nitrogen and oxygen atoms in total. The average Bonchev–Trinajstić information content (AvgIpc) is 2.25. The van der Waals surface area contributed by atoms with E-state index in [-0.39, 0.29) is 0 Å². The van der Waals surface area contributed by atoms with Crippen molar-refractivity contribution in [2.45, 2.75) is 6.36 Å². The van der Waals surface area contributed by atoms with Gasteiger partial charge >= 0.3 is 18.1 Å². The van der Waals surface area contributed by atoms with Crippen molar-refractivity contribution in [3.8, 4) is 11.5 Å². The molecule has 0 aromatic carbocycles. The number of methoxy groups -OCH3 is 1. The smallest absolute Gasteiger partial charge is 0.492 e. The summed E-state index contributed by atoms with van der Waals surface area (Å²) in [5, 5.41) is 19.3. The zero-order chi connectivity index (χ0) is 14.8. The van der Waals surface area contributed by atoms with Crippen LogP contribution in [0, 0.1) is 10.1 Å². The Hall–Kier alpha value is -2.59. The summed E-state index contributed by atoms with van der Waals surface area (Å²) < 4.78 is 44.1. The van der Waals surface area contributed by atoms with Crippen LogP contribution in [0.4, 0.5) is 19.0 Å². The maximum atomic E-state index is 12.1. The standard InChI is InChI=1S/C8H5F3N2O6/c1-18-5-3(19-8(9,10)11)2-12-6(13(16)17)4(5)7(14)15/h2H,1H3,(H,14,15). The third-order valence-electron chi connectivity index (χ3n) is 1.80. The highest BCUT2D eigenvalue weighted by atomic mass is 19.4. The van der Waals surface area contributed by atoms with E-state index >= 15 is 0 Å². The monoisotopic (exact) mass is 282 g/mol. The number of aromatic nitrogens is 1. The number of pyridine rings is 1. The van der Waals surface area contributed by atoms with E-state index in [0.717, 1.165) is 7.11 Å². The molecule has 0 aliphatic carbocycles. The topological polar surface area (TPSA) is 112 Å². The minimum absolute atomic E-state index is 0.358. The number of aromatic carboxylic acids is 1. The fourth-order valence-electron chi connectivity index (χ4n) is 1.20. The molecule has 0 radical (unpaired) electrons. The van der Waals surface area contributed by atoms with Crippen molar-refractivity contribution in [2.75, 3.05) is 7.11 Å². The molecule has 0 amide bonds. The van der Waals surface area contributed by atoms with Gasteiger partial charge in [-0.15, -0.1) is 13.2 Å². The Bertz CT molecular complexity index is 530. The van der Waals surface area contributed by atoms with Gasteiger partial charge in [-0.1, -0.05) is 0 Å². The van der Waals surface area contributed by atoms with Crippen molar-refractivity contribution in [3.05, 3.63) is 21.9 Å². The van der Waals surface area contributed by atoms with Crippen LogP contribution in [0.15, 0.2) is 6.20 Å². The molecule has 19 heavy (non-hydrogen) atoms. The molecule has 0 unspecified atom stereocenters. The van der Waals surface area contributed by atoms with E-state index in [0.29, 0.717) is 6.20 Å². The van der Waals surface area contributed by atoms with E-state index in [1.54, 1.807) is 0 Å². The predicted octanol–water partition coefficient (Wildman–Crippen LogP) is 1.60. The van der Waals surface area contributed by atoms with Crippen molar-refractivity contribution in [2.24, 2.45) is 0 Å². The van der Waals surface area contributed by atoms with Gasteiger partial charge in [-0.2, -0.15) is 0 Å². The maximum Gasteiger partial charge on any atom is 0.573 e. The van der Waals surface area contributed by atoms with Crippen molar-refractivity contribution >= 4 is 11.8 Å². The fourth-order valence-corrected chi connectivity index (χ4v) is 1.20. The summed E-state index contributed by atoms with van der Waals surface area (Å²) in [6.45, 7) is 0. The van der Waals surface area contributed by atoms with Crippen LogP contribution in [0.5, 0.6) is 11.5 Å². The van der Waals surface area contributed by atoms with E-state index < -0.39 is 40.1 Å². The molecule has 1 heterocycles. The normalized spacial score (nSPS) is 10.9. The molecule has 0 saturated heterocycles. The second-order valence-electron chi connectivity index (χ2n) is 2.96. The van der Waals surface area contributed by atoms with Gasteiger partial charge < -0.3 is 24.7 Å². The number of halogens is 3. The number of nitrogens with zero attached hydrogens (tertiary/aromatic N) is 2. The molecule has 104 valence electrons. The molecule has 11 heteroatoms. The summed E-state index contributed by atoms with van der Waals surface area (Å²) in [6.07, 6.45) is -4.77. The first-order valence-electron chi connectivity index (χ1n) is 4.37. The molecule has 0 aliphatic rings. The Morgan fingerprint density at radius 2 is 2.11 bits per heavy atom. The van der Waals surface area contributed by atoms with Gasteiger partial charge in [0.15, 0.2) is 11.9 Å². The number of nitro groups is 1. The largest absolute Gasteiger partial charge is 0.573 e. The quantitative estimate of drug-likeness (QED) is 0.659. The Labute approximate surface area is 102 Å². The van der Waals surface area contributed by atoms with Crippen molar-refractivity contribution in [1.29, 1.82) is 0 Å². The zero-order valence-corrected chi connectivity index (χ0v) is 9.09. The lowest BCUT2D eigenvalue weighted by Crippen LogP contribution is -2.19. The molecule has 1 aromatic heterocycles. The molecule has 0 atom stereocenters. The Balaban J connectivity index is 3.49. The summed E-state index contributed by atoms with van der Waals surface area (Å²) in [5.41, 5.74) is -1.13. The van der Waals surface area contributed by atoms with Gasteiger partial charge in [0.25, 0.3) is 0 Å². The van der Waals surface area contributed by atoms with Gasteiger partial charge in [-0.3, -0.25) is 0 Å². The number of carboxylic acid groups (broad SMARTS) is 1. The van der Waals surface area contributed by atoms with Crippen LogP contribution in [0.2, 0.25) is 0 Å². The highest BCUT2D eigenvalue weighted by molar-refractivity contribution is 5.95. The lowest BCUT2D eigenvalue weighted by molar-refractivity contribution is -0.390. The van der Waals surface area contributed by atoms with E-state index in [2.05, 4.69) is 14.5 Å².